The van der Waals surface area contributed by atoms with Crippen LogP contribution in [0.15, 0.2) is 22.7 Å². The highest BCUT2D eigenvalue weighted by Gasteiger charge is 2.34. The van der Waals surface area contributed by atoms with Crippen molar-refractivity contribution >= 4 is 21.8 Å². The van der Waals surface area contributed by atoms with Crippen molar-refractivity contribution in [2.75, 3.05) is 19.7 Å². The predicted molar refractivity (Wildman–Crippen MR) is 70.5 cm³/mol. The molecule has 1 fully saturated rings. The highest BCUT2D eigenvalue weighted by molar-refractivity contribution is 9.10. The molecule has 0 saturated carbocycles. The number of halogens is 4. The molecule has 0 spiro atoms. The topological polar surface area (TPSA) is 29.5 Å². The standard InChI is InChI=1S/C13H13BrF3NO2/c1-8-7-18(4-5-20-8)12(19)9-2-3-11(14)10(6-9)13(15,16)17/h2-3,6,8H,4-5,7H2,1H3. The second-order valence-corrected chi connectivity index (χ2v) is 5.48. The Morgan fingerprint density at radius 1 is 1.45 bits per heavy atom. The molecule has 0 N–H and O–H groups in total. The monoisotopic (exact) mass is 351 g/mol. The van der Waals surface area contributed by atoms with Crippen molar-refractivity contribution in [2.45, 2.75) is 19.2 Å². The highest BCUT2D eigenvalue weighted by atomic mass is 79.9. The first-order chi connectivity index (χ1) is 9.29. The lowest BCUT2D eigenvalue weighted by molar-refractivity contribution is -0.138. The molecule has 1 aliphatic heterocycles. The van der Waals surface area contributed by atoms with Gasteiger partial charge in [0.1, 0.15) is 0 Å². The van der Waals surface area contributed by atoms with Crippen LogP contribution in [0.1, 0.15) is 22.8 Å². The zero-order chi connectivity index (χ0) is 14.9. The first-order valence-corrected chi connectivity index (χ1v) is 6.86. The summed E-state index contributed by atoms with van der Waals surface area (Å²) >= 11 is 2.86. The average molecular weight is 352 g/mol. The van der Waals surface area contributed by atoms with Crippen LogP contribution in [0.2, 0.25) is 0 Å². The van der Waals surface area contributed by atoms with E-state index in [1.807, 2.05) is 6.92 Å². The molecular weight excluding hydrogens is 339 g/mol. The van der Waals surface area contributed by atoms with Crippen LogP contribution in [0.3, 0.4) is 0 Å². The molecular formula is C13H13BrF3NO2. The van der Waals surface area contributed by atoms with Gasteiger partial charge < -0.3 is 9.64 Å². The maximum atomic E-state index is 12.8. The molecule has 1 heterocycles. The van der Waals surface area contributed by atoms with Crippen molar-refractivity contribution in [3.8, 4) is 0 Å². The van der Waals surface area contributed by atoms with E-state index in [1.54, 1.807) is 0 Å². The largest absolute Gasteiger partial charge is 0.417 e. The maximum Gasteiger partial charge on any atom is 0.417 e. The summed E-state index contributed by atoms with van der Waals surface area (Å²) in [5.74, 6) is -0.404. The van der Waals surface area contributed by atoms with E-state index >= 15 is 0 Å². The first kappa shape index (κ1) is 15.3. The van der Waals surface area contributed by atoms with Crippen LogP contribution in [-0.4, -0.2) is 36.6 Å². The van der Waals surface area contributed by atoms with E-state index in [4.69, 9.17) is 4.74 Å². The van der Waals surface area contributed by atoms with Crippen molar-refractivity contribution < 1.29 is 22.7 Å². The highest BCUT2D eigenvalue weighted by Crippen LogP contribution is 2.35. The van der Waals surface area contributed by atoms with E-state index in [0.29, 0.717) is 19.7 Å². The van der Waals surface area contributed by atoms with Crippen LogP contribution in [-0.2, 0) is 10.9 Å². The fourth-order valence-corrected chi connectivity index (χ4v) is 2.53. The van der Waals surface area contributed by atoms with Crippen LogP contribution < -0.4 is 0 Å². The molecule has 2 rings (SSSR count). The number of benzene rings is 1. The van der Waals surface area contributed by atoms with Gasteiger partial charge in [0.25, 0.3) is 5.91 Å². The Balaban J connectivity index is 2.26. The van der Waals surface area contributed by atoms with Crippen LogP contribution in [0, 0.1) is 0 Å². The van der Waals surface area contributed by atoms with Gasteiger partial charge in [0.15, 0.2) is 0 Å². The zero-order valence-electron chi connectivity index (χ0n) is 10.7. The molecule has 1 atom stereocenters. The summed E-state index contributed by atoms with van der Waals surface area (Å²) in [6, 6.07) is 3.52. The molecule has 20 heavy (non-hydrogen) atoms. The molecule has 1 aromatic carbocycles. The van der Waals surface area contributed by atoms with E-state index in [-0.39, 0.29) is 16.1 Å². The SMILES string of the molecule is CC1CN(C(=O)c2ccc(Br)c(C(F)(F)F)c2)CCO1. The molecule has 3 nitrogen and oxygen atoms in total. The molecule has 1 amide bonds. The summed E-state index contributed by atoms with van der Waals surface area (Å²) in [6.45, 7) is 2.99. The summed E-state index contributed by atoms with van der Waals surface area (Å²) in [5.41, 5.74) is -0.806. The smallest absolute Gasteiger partial charge is 0.375 e. The predicted octanol–water partition coefficient (Wildman–Crippen LogP) is 3.33. The number of rotatable bonds is 1. The minimum absolute atomic E-state index is 0.0367. The Morgan fingerprint density at radius 2 is 2.15 bits per heavy atom. The van der Waals surface area contributed by atoms with Gasteiger partial charge in [0, 0.05) is 23.1 Å². The van der Waals surface area contributed by atoms with Gasteiger partial charge in [-0.1, -0.05) is 15.9 Å². The van der Waals surface area contributed by atoms with E-state index in [2.05, 4.69) is 15.9 Å². The third-order valence-electron chi connectivity index (χ3n) is 3.05. The van der Waals surface area contributed by atoms with Gasteiger partial charge in [-0.2, -0.15) is 13.2 Å². The minimum Gasteiger partial charge on any atom is -0.375 e. The number of morpholine rings is 1. The van der Waals surface area contributed by atoms with Gasteiger partial charge >= 0.3 is 6.18 Å². The van der Waals surface area contributed by atoms with Crippen LogP contribution in [0.4, 0.5) is 13.2 Å². The molecule has 1 aliphatic rings. The second kappa shape index (κ2) is 5.73. The second-order valence-electron chi connectivity index (χ2n) is 4.62. The van der Waals surface area contributed by atoms with Gasteiger partial charge in [-0.15, -0.1) is 0 Å². The molecule has 7 heteroatoms. The van der Waals surface area contributed by atoms with Gasteiger partial charge in [0.05, 0.1) is 18.3 Å². The van der Waals surface area contributed by atoms with Gasteiger partial charge in [-0.25, -0.2) is 0 Å². The quantitative estimate of drug-likeness (QED) is 0.776. The third-order valence-corrected chi connectivity index (χ3v) is 3.74. The molecule has 0 aliphatic carbocycles. The van der Waals surface area contributed by atoms with Crippen molar-refractivity contribution in [3.05, 3.63) is 33.8 Å². The van der Waals surface area contributed by atoms with E-state index in [0.717, 1.165) is 6.07 Å². The van der Waals surface area contributed by atoms with Crippen molar-refractivity contribution in [2.24, 2.45) is 0 Å². The summed E-state index contributed by atoms with van der Waals surface area (Å²) in [4.78, 5) is 13.7. The summed E-state index contributed by atoms with van der Waals surface area (Å²) in [5, 5.41) is 0. The summed E-state index contributed by atoms with van der Waals surface area (Å²) in [6.07, 6.45) is -4.60. The van der Waals surface area contributed by atoms with Crippen LogP contribution in [0.5, 0.6) is 0 Å². The summed E-state index contributed by atoms with van der Waals surface area (Å²) in [7, 11) is 0. The number of hydrogen-bond acceptors (Lipinski definition) is 2. The molecule has 1 aromatic rings. The van der Waals surface area contributed by atoms with Gasteiger partial charge in [0.2, 0.25) is 0 Å². The fourth-order valence-electron chi connectivity index (χ4n) is 2.06. The minimum atomic E-state index is -4.49. The Kier molecular flexibility index (Phi) is 4.39. The van der Waals surface area contributed by atoms with Crippen LogP contribution in [0.25, 0.3) is 0 Å². The van der Waals surface area contributed by atoms with Crippen molar-refractivity contribution in [3.63, 3.8) is 0 Å². The average Bonchev–Trinajstić information content (AvgIpc) is 2.37. The van der Waals surface area contributed by atoms with E-state index in [9.17, 15) is 18.0 Å². The first-order valence-electron chi connectivity index (χ1n) is 6.06. The van der Waals surface area contributed by atoms with E-state index < -0.39 is 17.6 Å². The molecule has 0 bridgehead atoms. The van der Waals surface area contributed by atoms with Gasteiger partial charge in [-0.05, 0) is 25.1 Å². The lowest BCUT2D eigenvalue weighted by Crippen LogP contribution is -2.44. The number of ether oxygens (including phenoxy) is 1. The number of alkyl halides is 3. The van der Waals surface area contributed by atoms with Gasteiger partial charge in [-0.3, -0.25) is 4.79 Å². The van der Waals surface area contributed by atoms with Crippen LogP contribution >= 0.6 is 15.9 Å². The Morgan fingerprint density at radius 3 is 2.75 bits per heavy atom. The normalized spacial score (nSPS) is 20.1. The molecule has 0 radical (unpaired) electrons. The molecule has 1 saturated heterocycles. The van der Waals surface area contributed by atoms with Crippen molar-refractivity contribution in [1.29, 1.82) is 0 Å². The third kappa shape index (κ3) is 3.32. The Bertz CT molecular complexity index is 519. The number of nitrogens with zero attached hydrogens (tertiary/aromatic N) is 1. The molecule has 0 aromatic heterocycles. The lowest BCUT2D eigenvalue weighted by Gasteiger charge is -2.31. The molecule has 110 valence electrons. The number of amides is 1. The van der Waals surface area contributed by atoms with E-state index in [1.165, 1.54) is 17.0 Å². The lowest BCUT2D eigenvalue weighted by atomic mass is 10.1. The Labute approximate surface area is 122 Å². The maximum absolute atomic E-state index is 12.8. The molecule has 1 unspecified atom stereocenters. The van der Waals surface area contributed by atoms with Crippen molar-refractivity contribution in [1.82, 2.24) is 4.90 Å². The number of carbonyl (C=O) groups is 1. The zero-order valence-corrected chi connectivity index (χ0v) is 12.3. The number of carbonyl (C=O) groups excluding carboxylic acids is 1. The number of hydrogen-bond donors (Lipinski definition) is 0. The summed E-state index contributed by atoms with van der Waals surface area (Å²) < 4.78 is 43.7. The Hall–Kier alpha value is -1.08. The fraction of sp³-hybridized carbons (Fsp3) is 0.462.